The Labute approximate surface area is 144 Å². The van der Waals surface area contributed by atoms with Crippen LogP contribution in [0.4, 0.5) is 0 Å². The molecule has 0 aliphatic heterocycles. The largest absolute Gasteiger partial charge is 0.481 e. The third-order valence-electron chi connectivity index (χ3n) is 4.23. The molecule has 2 atom stereocenters. The highest BCUT2D eigenvalue weighted by Crippen LogP contribution is 2.15. The van der Waals surface area contributed by atoms with E-state index in [9.17, 15) is 19.8 Å². The van der Waals surface area contributed by atoms with Gasteiger partial charge in [0.15, 0.2) is 0 Å². The number of hydrogen-bond donors (Lipinski definition) is 4. The third-order valence-corrected chi connectivity index (χ3v) is 4.23. The zero-order chi connectivity index (χ0) is 18.2. The fraction of sp³-hybridized carbons (Fsp3) is 0.889. The summed E-state index contributed by atoms with van der Waals surface area (Å²) < 4.78 is 0. The summed E-state index contributed by atoms with van der Waals surface area (Å²) in [6.45, 7) is 0. The van der Waals surface area contributed by atoms with Gasteiger partial charge in [-0.1, -0.05) is 51.4 Å². The smallest absolute Gasteiger partial charge is 0.303 e. The molecule has 0 aromatic heterocycles. The molecule has 0 heterocycles. The van der Waals surface area contributed by atoms with Gasteiger partial charge in [0.25, 0.3) is 0 Å². The van der Waals surface area contributed by atoms with Crippen molar-refractivity contribution in [2.45, 2.75) is 102 Å². The number of carbonyl (C=O) groups is 2. The van der Waals surface area contributed by atoms with Gasteiger partial charge in [-0.15, -0.1) is 0 Å². The molecule has 0 fully saturated rings. The summed E-state index contributed by atoms with van der Waals surface area (Å²) in [5.74, 6) is -1.51. The second-order valence-corrected chi connectivity index (χ2v) is 6.54. The van der Waals surface area contributed by atoms with Crippen LogP contribution in [0.1, 0.15) is 89.9 Å². The molecule has 0 amide bonds. The van der Waals surface area contributed by atoms with E-state index in [1.165, 1.54) is 0 Å². The highest BCUT2D eigenvalue weighted by atomic mass is 16.4. The maximum absolute atomic E-state index is 10.4. The van der Waals surface area contributed by atoms with Crippen LogP contribution in [0.5, 0.6) is 0 Å². The van der Waals surface area contributed by atoms with Gasteiger partial charge in [0, 0.05) is 12.8 Å². The van der Waals surface area contributed by atoms with Crippen LogP contribution >= 0.6 is 0 Å². The van der Waals surface area contributed by atoms with E-state index in [0.29, 0.717) is 25.7 Å². The number of hydrogen-bond acceptors (Lipinski definition) is 4. The van der Waals surface area contributed by atoms with Crippen molar-refractivity contribution in [3.05, 3.63) is 0 Å². The summed E-state index contributed by atoms with van der Waals surface area (Å²) in [5.41, 5.74) is 0. The lowest BCUT2D eigenvalue weighted by Crippen LogP contribution is -2.25. The van der Waals surface area contributed by atoms with Gasteiger partial charge in [0.1, 0.15) is 0 Å². The first-order valence-electron chi connectivity index (χ1n) is 9.23. The minimum Gasteiger partial charge on any atom is -0.481 e. The Morgan fingerprint density at radius 3 is 1.17 bits per heavy atom. The Kier molecular flexibility index (Phi) is 14.7. The molecule has 0 aliphatic carbocycles. The van der Waals surface area contributed by atoms with Gasteiger partial charge in [-0.3, -0.25) is 9.59 Å². The molecule has 0 saturated carbocycles. The first-order valence-corrected chi connectivity index (χ1v) is 9.23. The van der Waals surface area contributed by atoms with Crippen LogP contribution in [-0.4, -0.2) is 44.6 Å². The van der Waals surface area contributed by atoms with E-state index >= 15 is 0 Å². The van der Waals surface area contributed by atoms with Crippen LogP contribution < -0.4 is 0 Å². The van der Waals surface area contributed by atoms with Crippen molar-refractivity contribution in [1.29, 1.82) is 0 Å². The molecule has 0 spiro atoms. The molecular formula is C18H34O6. The van der Waals surface area contributed by atoms with E-state index in [0.717, 1.165) is 51.4 Å². The Morgan fingerprint density at radius 1 is 0.542 bits per heavy atom. The van der Waals surface area contributed by atoms with Crippen LogP contribution in [0, 0.1) is 0 Å². The molecule has 0 rings (SSSR count). The maximum Gasteiger partial charge on any atom is 0.303 e. The molecule has 0 aromatic carbocycles. The van der Waals surface area contributed by atoms with E-state index in [4.69, 9.17) is 10.2 Å². The highest BCUT2D eigenvalue weighted by molar-refractivity contribution is 5.66. The van der Waals surface area contributed by atoms with E-state index in [1.807, 2.05) is 0 Å². The lowest BCUT2D eigenvalue weighted by molar-refractivity contribution is -0.138. The zero-order valence-electron chi connectivity index (χ0n) is 14.7. The standard InChI is InChI=1S/C18H34O6/c19-15(11-7-3-1-5-9-13-17(21)22)16(20)12-8-4-2-6-10-14-18(23)24/h15-16,19-20H,1-14H2,(H,21,22)(H,23,24). The van der Waals surface area contributed by atoms with Crippen LogP contribution in [0.15, 0.2) is 0 Å². The summed E-state index contributed by atoms with van der Waals surface area (Å²) >= 11 is 0. The van der Waals surface area contributed by atoms with Crippen molar-refractivity contribution in [3.63, 3.8) is 0 Å². The molecule has 142 valence electrons. The summed E-state index contributed by atoms with van der Waals surface area (Å²) in [7, 11) is 0. The van der Waals surface area contributed by atoms with Gasteiger partial charge in [0.2, 0.25) is 0 Å². The minimum atomic E-state index is -0.754. The normalized spacial score (nSPS) is 13.6. The SMILES string of the molecule is O=C(O)CCCCCCCC(O)C(O)CCCCCCCC(=O)O. The first-order chi connectivity index (χ1) is 11.4. The average Bonchev–Trinajstić information content (AvgIpc) is 2.51. The van der Waals surface area contributed by atoms with Crippen LogP contribution in [-0.2, 0) is 9.59 Å². The summed E-state index contributed by atoms with van der Waals surface area (Å²) in [6.07, 6.45) is 8.96. The average molecular weight is 346 g/mol. The monoisotopic (exact) mass is 346 g/mol. The van der Waals surface area contributed by atoms with E-state index < -0.39 is 24.1 Å². The number of carboxylic acid groups (broad SMARTS) is 2. The van der Waals surface area contributed by atoms with Gasteiger partial charge in [-0.25, -0.2) is 0 Å². The molecule has 2 unspecified atom stereocenters. The predicted octanol–water partition coefficient (Wildman–Crippen LogP) is 3.34. The number of rotatable bonds is 17. The lowest BCUT2D eigenvalue weighted by Gasteiger charge is -2.17. The number of aliphatic carboxylic acids is 2. The molecule has 24 heavy (non-hydrogen) atoms. The fourth-order valence-corrected chi connectivity index (χ4v) is 2.70. The third kappa shape index (κ3) is 15.7. The molecule has 6 nitrogen and oxygen atoms in total. The van der Waals surface area contributed by atoms with Crippen LogP contribution in [0.25, 0.3) is 0 Å². The van der Waals surface area contributed by atoms with Crippen molar-refractivity contribution in [2.75, 3.05) is 0 Å². The van der Waals surface area contributed by atoms with E-state index in [2.05, 4.69) is 0 Å². The highest BCUT2D eigenvalue weighted by Gasteiger charge is 2.15. The van der Waals surface area contributed by atoms with Crippen molar-refractivity contribution in [1.82, 2.24) is 0 Å². The first kappa shape index (κ1) is 22.9. The summed E-state index contributed by atoms with van der Waals surface area (Å²) in [6, 6.07) is 0. The fourth-order valence-electron chi connectivity index (χ4n) is 2.70. The van der Waals surface area contributed by atoms with Crippen LogP contribution in [0.3, 0.4) is 0 Å². The number of aliphatic hydroxyl groups excluding tert-OH is 2. The van der Waals surface area contributed by atoms with Crippen molar-refractivity contribution < 1.29 is 30.0 Å². The quantitative estimate of drug-likeness (QED) is 0.300. The Hall–Kier alpha value is -1.14. The minimum absolute atomic E-state index is 0.220. The van der Waals surface area contributed by atoms with E-state index in [-0.39, 0.29) is 12.8 Å². The molecule has 0 bridgehead atoms. The van der Waals surface area contributed by atoms with Gasteiger partial charge in [-0.05, 0) is 25.7 Å². The van der Waals surface area contributed by atoms with Crippen LogP contribution in [0.2, 0.25) is 0 Å². The molecule has 0 saturated heterocycles. The Balaban J connectivity index is 3.41. The number of aliphatic hydroxyl groups is 2. The topological polar surface area (TPSA) is 115 Å². The zero-order valence-corrected chi connectivity index (χ0v) is 14.7. The van der Waals surface area contributed by atoms with Crippen molar-refractivity contribution in [2.24, 2.45) is 0 Å². The van der Waals surface area contributed by atoms with Gasteiger partial charge >= 0.3 is 11.9 Å². The van der Waals surface area contributed by atoms with Gasteiger partial charge in [0.05, 0.1) is 12.2 Å². The number of unbranched alkanes of at least 4 members (excludes halogenated alkanes) is 8. The summed E-state index contributed by atoms with van der Waals surface area (Å²) in [5, 5.41) is 36.8. The molecule has 0 aromatic rings. The molecule has 4 N–H and O–H groups in total. The summed E-state index contributed by atoms with van der Waals surface area (Å²) in [4.78, 5) is 20.7. The number of carboxylic acids is 2. The van der Waals surface area contributed by atoms with Gasteiger partial charge in [-0.2, -0.15) is 0 Å². The van der Waals surface area contributed by atoms with Gasteiger partial charge < -0.3 is 20.4 Å². The van der Waals surface area contributed by atoms with E-state index in [1.54, 1.807) is 0 Å². The van der Waals surface area contributed by atoms with Crippen molar-refractivity contribution >= 4 is 11.9 Å². The maximum atomic E-state index is 10.4. The molecule has 0 aliphatic rings. The predicted molar refractivity (Wildman–Crippen MR) is 91.9 cm³/mol. The Bertz CT molecular complexity index is 299. The lowest BCUT2D eigenvalue weighted by atomic mass is 9.99. The Morgan fingerprint density at radius 2 is 0.833 bits per heavy atom. The van der Waals surface area contributed by atoms with Crippen molar-refractivity contribution in [3.8, 4) is 0 Å². The molecule has 6 heteroatoms. The molecule has 0 radical (unpaired) electrons. The molecular weight excluding hydrogens is 312 g/mol. The second-order valence-electron chi connectivity index (χ2n) is 6.54. The second kappa shape index (κ2) is 15.4.